The summed E-state index contributed by atoms with van der Waals surface area (Å²) in [4.78, 5) is 5.09. The average molecular weight is 368 g/mol. The topological polar surface area (TPSA) is 36.5 Å². The first-order valence-electron chi connectivity index (χ1n) is 7.41. The quantitative estimate of drug-likeness (QED) is 0.634. The Balaban J connectivity index is 0.00000208. The summed E-state index contributed by atoms with van der Waals surface area (Å²) >= 11 is 0. The molecule has 1 unspecified atom stereocenters. The lowest BCUT2D eigenvalue weighted by molar-refractivity contribution is -0.265. The number of allylic oxidation sites excluding steroid dienone is 1. The molecular formula is C15H18ClF4N3O. The summed E-state index contributed by atoms with van der Waals surface area (Å²) in [5, 5.41) is 3.21. The van der Waals surface area contributed by atoms with Gasteiger partial charge in [0.1, 0.15) is 5.82 Å². The van der Waals surface area contributed by atoms with E-state index in [2.05, 4.69) is 5.32 Å². The van der Waals surface area contributed by atoms with Crippen LogP contribution in [0, 0.1) is 11.7 Å². The summed E-state index contributed by atoms with van der Waals surface area (Å²) in [5.74, 6) is -0.407. The normalized spacial score (nSPS) is 20.2. The smallest absolute Gasteiger partial charge is 0.391 e. The minimum absolute atomic E-state index is 0. The third kappa shape index (κ3) is 4.12. The van der Waals surface area contributed by atoms with E-state index in [4.69, 9.17) is 4.84 Å². The molecule has 1 fully saturated rings. The maximum Gasteiger partial charge on any atom is 0.501 e. The van der Waals surface area contributed by atoms with Crippen molar-refractivity contribution in [3.05, 3.63) is 47.6 Å². The maximum absolute atomic E-state index is 13.2. The molecule has 4 nitrogen and oxygen atoms in total. The van der Waals surface area contributed by atoms with Crippen molar-refractivity contribution in [3.8, 4) is 0 Å². The lowest BCUT2D eigenvalue weighted by Gasteiger charge is -2.30. The monoisotopic (exact) mass is 367 g/mol. The zero-order valence-corrected chi connectivity index (χ0v) is 13.5. The molecule has 9 heteroatoms. The molecule has 2 aliphatic rings. The molecule has 0 aromatic heterocycles. The molecular weight excluding hydrogens is 350 g/mol. The van der Waals surface area contributed by atoms with Crippen LogP contribution in [0.1, 0.15) is 24.3 Å². The van der Waals surface area contributed by atoms with Gasteiger partial charge < -0.3 is 10.2 Å². The molecule has 0 spiro atoms. The van der Waals surface area contributed by atoms with Crippen molar-refractivity contribution in [2.24, 2.45) is 5.92 Å². The Morgan fingerprint density at radius 3 is 2.29 bits per heavy atom. The van der Waals surface area contributed by atoms with E-state index in [0.717, 1.165) is 37.7 Å². The number of alkyl halides is 3. The number of hydrogen-bond donors (Lipinski definition) is 2. The third-order valence-electron chi connectivity index (χ3n) is 4.18. The molecule has 2 N–H and O–H groups in total. The largest absolute Gasteiger partial charge is 0.501 e. The van der Waals surface area contributed by atoms with Gasteiger partial charge in [0.05, 0.1) is 6.20 Å². The van der Waals surface area contributed by atoms with Gasteiger partial charge in [-0.3, -0.25) is 0 Å². The van der Waals surface area contributed by atoms with Crippen molar-refractivity contribution in [2.75, 3.05) is 13.1 Å². The van der Waals surface area contributed by atoms with Crippen LogP contribution < -0.4 is 10.9 Å². The van der Waals surface area contributed by atoms with Crippen LogP contribution >= 0.6 is 12.4 Å². The Morgan fingerprint density at radius 2 is 1.75 bits per heavy atom. The Bertz CT molecular complexity index is 573. The predicted molar refractivity (Wildman–Crippen MR) is 82.2 cm³/mol. The summed E-state index contributed by atoms with van der Waals surface area (Å²) < 4.78 is 51.5. The standard InChI is InChI=1S/C15H17F4N3O.ClH/c16-12-3-1-10(2-4-12)14(11-5-7-20-8-6-11)13-9-22(21-23-13)15(17,18)19;/h1-4,9,11,14,20-21H,5-8H2;1H. The van der Waals surface area contributed by atoms with Gasteiger partial charge in [0, 0.05) is 5.92 Å². The van der Waals surface area contributed by atoms with E-state index in [1.165, 1.54) is 12.1 Å². The predicted octanol–water partition coefficient (Wildman–Crippen LogP) is 3.44. The van der Waals surface area contributed by atoms with E-state index in [0.29, 0.717) is 0 Å². The van der Waals surface area contributed by atoms with E-state index in [1.807, 2.05) is 5.59 Å². The zero-order chi connectivity index (χ0) is 16.4. The van der Waals surface area contributed by atoms with Gasteiger partial charge in [-0.25, -0.2) is 4.39 Å². The lowest BCUT2D eigenvalue weighted by Crippen LogP contribution is -2.40. The van der Waals surface area contributed by atoms with Crippen molar-refractivity contribution in [2.45, 2.75) is 25.1 Å². The van der Waals surface area contributed by atoms with Gasteiger partial charge in [0.25, 0.3) is 0 Å². The molecule has 1 atom stereocenters. The molecule has 24 heavy (non-hydrogen) atoms. The zero-order valence-electron chi connectivity index (χ0n) is 12.6. The number of benzene rings is 1. The second-order valence-corrected chi connectivity index (χ2v) is 5.68. The molecule has 0 amide bonds. The number of nitrogens with zero attached hydrogens (tertiary/aromatic N) is 1. The molecule has 2 aliphatic heterocycles. The second-order valence-electron chi connectivity index (χ2n) is 5.68. The summed E-state index contributed by atoms with van der Waals surface area (Å²) in [6.07, 6.45) is -2.01. The fourth-order valence-corrected chi connectivity index (χ4v) is 3.07. The summed E-state index contributed by atoms with van der Waals surface area (Å²) in [5.41, 5.74) is 2.62. The molecule has 3 rings (SSSR count). The first-order valence-corrected chi connectivity index (χ1v) is 7.41. The molecule has 1 aromatic carbocycles. The molecule has 2 heterocycles. The Morgan fingerprint density at radius 1 is 1.12 bits per heavy atom. The fourth-order valence-electron chi connectivity index (χ4n) is 3.07. The fraction of sp³-hybridized carbons (Fsp3) is 0.467. The number of nitrogens with one attached hydrogen (secondary N) is 2. The molecule has 1 aromatic rings. The molecule has 134 valence electrons. The number of hydrazine groups is 1. The van der Waals surface area contributed by atoms with E-state index < -0.39 is 6.30 Å². The van der Waals surface area contributed by atoms with Crippen molar-refractivity contribution < 1.29 is 22.4 Å². The summed E-state index contributed by atoms with van der Waals surface area (Å²) in [6, 6.07) is 5.83. The number of piperidine rings is 1. The molecule has 0 bridgehead atoms. The first kappa shape index (κ1) is 18.8. The SMILES string of the molecule is Cl.Fc1ccc(C(C2=CN(C(F)(F)F)NO2)C2CCNCC2)cc1. The number of hydrogen-bond acceptors (Lipinski definition) is 4. The van der Waals surface area contributed by atoms with Crippen LogP contribution in [0.5, 0.6) is 0 Å². The maximum atomic E-state index is 13.2. The minimum atomic E-state index is -4.57. The molecule has 1 saturated heterocycles. The van der Waals surface area contributed by atoms with E-state index in [1.54, 1.807) is 12.1 Å². The third-order valence-corrected chi connectivity index (χ3v) is 4.18. The van der Waals surface area contributed by atoms with Crippen LogP contribution in [0.2, 0.25) is 0 Å². The van der Waals surface area contributed by atoms with Gasteiger partial charge in [-0.05, 0) is 49.5 Å². The highest BCUT2D eigenvalue weighted by Crippen LogP contribution is 2.39. The Kier molecular flexibility index (Phi) is 5.95. The van der Waals surface area contributed by atoms with Crippen LogP contribution in [0.4, 0.5) is 17.6 Å². The first-order chi connectivity index (χ1) is 10.9. The highest BCUT2D eigenvalue weighted by Gasteiger charge is 2.42. The lowest BCUT2D eigenvalue weighted by atomic mass is 9.79. The van der Waals surface area contributed by atoms with Crippen LogP contribution in [0.3, 0.4) is 0 Å². The van der Waals surface area contributed by atoms with Gasteiger partial charge in [0.2, 0.25) is 0 Å². The van der Waals surface area contributed by atoms with E-state index in [9.17, 15) is 17.6 Å². The molecule has 0 saturated carbocycles. The molecule has 0 radical (unpaired) electrons. The number of halogens is 5. The summed E-state index contributed by atoms with van der Waals surface area (Å²) in [7, 11) is 0. The van der Waals surface area contributed by atoms with Crippen LogP contribution in [-0.2, 0) is 4.84 Å². The Hall–Kier alpha value is -1.51. The van der Waals surface area contributed by atoms with Crippen molar-refractivity contribution in [1.82, 2.24) is 15.9 Å². The van der Waals surface area contributed by atoms with E-state index >= 15 is 0 Å². The van der Waals surface area contributed by atoms with Crippen LogP contribution in [0.15, 0.2) is 36.2 Å². The highest BCUT2D eigenvalue weighted by atomic mass is 35.5. The van der Waals surface area contributed by atoms with Gasteiger partial charge in [0.15, 0.2) is 5.76 Å². The van der Waals surface area contributed by atoms with Gasteiger partial charge in [-0.15, -0.1) is 25.6 Å². The van der Waals surface area contributed by atoms with Gasteiger partial charge in [-0.2, -0.15) is 5.01 Å². The van der Waals surface area contributed by atoms with Crippen LogP contribution in [-0.4, -0.2) is 24.4 Å². The van der Waals surface area contributed by atoms with Crippen LogP contribution in [0.25, 0.3) is 0 Å². The second kappa shape index (κ2) is 7.58. The van der Waals surface area contributed by atoms with Gasteiger partial charge >= 0.3 is 6.30 Å². The minimum Gasteiger partial charge on any atom is -0.391 e. The summed E-state index contributed by atoms with van der Waals surface area (Å²) in [6.45, 7) is 1.60. The number of rotatable bonds is 3. The van der Waals surface area contributed by atoms with Gasteiger partial charge in [-0.1, -0.05) is 17.7 Å². The van der Waals surface area contributed by atoms with Crippen molar-refractivity contribution >= 4 is 12.4 Å². The average Bonchev–Trinajstić information content (AvgIpc) is 3.00. The van der Waals surface area contributed by atoms with E-state index in [-0.39, 0.29) is 40.8 Å². The Labute approximate surface area is 143 Å². The highest BCUT2D eigenvalue weighted by molar-refractivity contribution is 5.85. The van der Waals surface area contributed by atoms with Crippen molar-refractivity contribution in [1.29, 1.82) is 0 Å². The molecule has 0 aliphatic carbocycles. The van der Waals surface area contributed by atoms with Crippen molar-refractivity contribution in [3.63, 3.8) is 0 Å².